The van der Waals surface area contributed by atoms with E-state index in [9.17, 15) is 0 Å². The van der Waals surface area contributed by atoms with E-state index in [1.54, 1.807) is 11.3 Å². The molecule has 0 unspecified atom stereocenters. The molecule has 0 saturated heterocycles. The van der Waals surface area contributed by atoms with E-state index < -0.39 is 0 Å². The van der Waals surface area contributed by atoms with E-state index >= 15 is 0 Å². The fourth-order valence-corrected chi connectivity index (χ4v) is 2.80. The SMILES string of the molecule is CCCN(Cc1nnc(NCC)s1)CC1CC1. The van der Waals surface area contributed by atoms with Crippen molar-refractivity contribution in [3.63, 3.8) is 0 Å². The zero-order chi connectivity index (χ0) is 12.1. The smallest absolute Gasteiger partial charge is 0.205 e. The molecule has 0 aromatic carbocycles. The highest BCUT2D eigenvalue weighted by atomic mass is 32.1. The van der Waals surface area contributed by atoms with Crippen LogP contribution in [0, 0.1) is 5.92 Å². The molecule has 17 heavy (non-hydrogen) atoms. The van der Waals surface area contributed by atoms with Crippen LogP contribution in [0.25, 0.3) is 0 Å². The van der Waals surface area contributed by atoms with E-state index in [1.165, 1.54) is 32.4 Å². The van der Waals surface area contributed by atoms with Crippen LogP contribution in [-0.4, -0.2) is 34.7 Å². The molecule has 1 aliphatic rings. The van der Waals surface area contributed by atoms with Gasteiger partial charge in [0.1, 0.15) is 5.01 Å². The van der Waals surface area contributed by atoms with Crippen LogP contribution in [0.2, 0.25) is 0 Å². The minimum absolute atomic E-state index is 0.912. The largest absolute Gasteiger partial charge is 0.360 e. The summed E-state index contributed by atoms with van der Waals surface area (Å²) in [4.78, 5) is 2.52. The molecule has 2 rings (SSSR count). The van der Waals surface area contributed by atoms with Gasteiger partial charge in [-0.2, -0.15) is 0 Å². The summed E-state index contributed by atoms with van der Waals surface area (Å²) >= 11 is 1.68. The lowest BCUT2D eigenvalue weighted by Crippen LogP contribution is -2.26. The van der Waals surface area contributed by atoms with Gasteiger partial charge in [-0.25, -0.2) is 0 Å². The topological polar surface area (TPSA) is 41.1 Å². The quantitative estimate of drug-likeness (QED) is 0.774. The Morgan fingerprint density at radius 2 is 2.18 bits per heavy atom. The number of hydrogen-bond donors (Lipinski definition) is 1. The summed E-state index contributed by atoms with van der Waals surface area (Å²) in [7, 11) is 0. The summed E-state index contributed by atoms with van der Waals surface area (Å²) in [5, 5.41) is 13.7. The Morgan fingerprint density at radius 3 is 2.82 bits per heavy atom. The van der Waals surface area contributed by atoms with Crippen molar-refractivity contribution in [2.45, 2.75) is 39.7 Å². The molecule has 1 N–H and O–H groups in total. The van der Waals surface area contributed by atoms with Crippen molar-refractivity contribution in [1.29, 1.82) is 0 Å². The molecule has 96 valence electrons. The third-order valence-corrected chi connectivity index (χ3v) is 3.77. The van der Waals surface area contributed by atoms with Gasteiger partial charge in [-0.05, 0) is 38.6 Å². The number of hydrogen-bond acceptors (Lipinski definition) is 5. The Balaban J connectivity index is 1.85. The first-order valence-electron chi connectivity index (χ1n) is 6.60. The number of rotatable bonds is 8. The summed E-state index contributed by atoms with van der Waals surface area (Å²) in [5.41, 5.74) is 0. The van der Waals surface area contributed by atoms with Gasteiger partial charge in [-0.15, -0.1) is 10.2 Å². The van der Waals surface area contributed by atoms with Crippen molar-refractivity contribution in [3.8, 4) is 0 Å². The summed E-state index contributed by atoms with van der Waals surface area (Å²) in [6.07, 6.45) is 4.05. The van der Waals surface area contributed by atoms with Crippen LogP contribution >= 0.6 is 11.3 Å². The van der Waals surface area contributed by atoms with Crippen LogP contribution in [0.5, 0.6) is 0 Å². The summed E-state index contributed by atoms with van der Waals surface area (Å²) in [5.74, 6) is 0.947. The van der Waals surface area contributed by atoms with E-state index in [-0.39, 0.29) is 0 Å². The number of nitrogens with one attached hydrogen (secondary N) is 1. The second-order valence-corrected chi connectivity index (χ2v) is 5.77. The van der Waals surface area contributed by atoms with Crippen molar-refractivity contribution in [2.24, 2.45) is 5.92 Å². The standard InChI is InChI=1S/C12H22N4S/c1-3-7-16(8-10-5-6-10)9-11-14-15-12(17-11)13-4-2/h10H,3-9H2,1-2H3,(H,13,15). The van der Waals surface area contributed by atoms with Gasteiger partial charge >= 0.3 is 0 Å². The van der Waals surface area contributed by atoms with Crippen LogP contribution in [0.15, 0.2) is 0 Å². The maximum absolute atomic E-state index is 4.25. The van der Waals surface area contributed by atoms with Gasteiger partial charge in [0.15, 0.2) is 0 Å². The first-order valence-corrected chi connectivity index (χ1v) is 7.42. The molecule has 1 aliphatic carbocycles. The first kappa shape index (κ1) is 12.8. The van der Waals surface area contributed by atoms with E-state index in [1.807, 2.05) is 0 Å². The molecule has 1 aromatic heterocycles. The van der Waals surface area contributed by atoms with E-state index in [0.29, 0.717) is 0 Å². The third-order valence-electron chi connectivity index (χ3n) is 2.91. The molecular weight excluding hydrogens is 232 g/mol. The normalized spacial score (nSPS) is 15.5. The lowest BCUT2D eigenvalue weighted by atomic mass is 10.3. The Morgan fingerprint density at radius 1 is 1.35 bits per heavy atom. The van der Waals surface area contributed by atoms with Crippen LogP contribution in [0.4, 0.5) is 5.13 Å². The molecule has 0 radical (unpaired) electrons. The van der Waals surface area contributed by atoms with Gasteiger partial charge in [0.2, 0.25) is 5.13 Å². The average molecular weight is 254 g/mol. The van der Waals surface area contributed by atoms with E-state index in [0.717, 1.165) is 29.1 Å². The van der Waals surface area contributed by atoms with Gasteiger partial charge in [0, 0.05) is 13.1 Å². The maximum atomic E-state index is 4.25. The van der Waals surface area contributed by atoms with E-state index in [2.05, 4.69) is 34.3 Å². The van der Waals surface area contributed by atoms with Crippen LogP contribution < -0.4 is 5.32 Å². The summed E-state index contributed by atoms with van der Waals surface area (Å²) in [6, 6.07) is 0. The van der Waals surface area contributed by atoms with Gasteiger partial charge in [-0.1, -0.05) is 18.3 Å². The van der Waals surface area contributed by atoms with Crippen LogP contribution in [0.3, 0.4) is 0 Å². The predicted octanol–water partition coefficient (Wildman–Crippen LogP) is 2.59. The van der Waals surface area contributed by atoms with Gasteiger partial charge < -0.3 is 5.32 Å². The van der Waals surface area contributed by atoms with Gasteiger partial charge in [0.05, 0.1) is 6.54 Å². The minimum Gasteiger partial charge on any atom is -0.360 e. The monoisotopic (exact) mass is 254 g/mol. The number of aromatic nitrogens is 2. The third kappa shape index (κ3) is 4.24. The molecule has 5 heteroatoms. The summed E-state index contributed by atoms with van der Waals surface area (Å²) < 4.78 is 0. The predicted molar refractivity (Wildman–Crippen MR) is 72.4 cm³/mol. The second-order valence-electron chi connectivity index (χ2n) is 4.71. The molecule has 0 aliphatic heterocycles. The highest BCUT2D eigenvalue weighted by Crippen LogP contribution is 2.30. The molecular formula is C12H22N4S. The van der Waals surface area contributed by atoms with Crippen molar-refractivity contribution in [2.75, 3.05) is 25.0 Å². The zero-order valence-corrected chi connectivity index (χ0v) is 11.6. The van der Waals surface area contributed by atoms with Crippen molar-refractivity contribution >= 4 is 16.5 Å². The highest BCUT2D eigenvalue weighted by Gasteiger charge is 2.24. The minimum atomic E-state index is 0.912. The first-order chi connectivity index (χ1) is 8.31. The van der Waals surface area contributed by atoms with Crippen molar-refractivity contribution < 1.29 is 0 Å². The fourth-order valence-electron chi connectivity index (χ4n) is 1.95. The highest BCUT2D eigenvalue weighted by molar-refractivity contribution is 7.15. The van der Waals surface area contributed by atoms with Crippen LogP contribution in [0.1, 0.15) is 38.1 Å². The van der Waals surface area contributed by atoms with Gasteiger partial charge in [-0.3, -0.25) is 4.90 Å². The molecule has 1 fully saturated rings. The molecule has 0 spiro atoms. The van der Waals surface area contributed by atoms with Crippen LogP contribution in [-0.2, 0) is 6.54 Å². The van der Waals surface area contributed by atoms with Crippen molar-refractivity contribution in [3.05, 3.63) is 5.01 Å². The lowest BCUT2D eigenvalue weighted by Gasteiger charge is -2.19. The zero-order valence-electron chi connectivity index (χ0n) is 10.8. The Labute approximate surface area is 107 Å². The number of nitrogens with zero attached hydrogens (tertiary/aromatic N) is 3. The second kappa shape index (κ2) is 6.31. The molecule has 1 heterocycles. The molecule has 4 nitrogen and oxygen atoms in total. The maximum Gasteiger partial charge on any atom is 0.205 e. The molecule has 0 bridgehead atoms. The van der Waals surface area contributed by atoms with E-state index in [4.69, 9.17) is 0 Å². The molecule has 1 saturated carbocycles. The number of anilines is 1. The molecule has 0 atom stereocenters. The molecule has 0 amide bonds. The van der Waals surface area contributed by atoms with Crippen molar-refractivity contribution in [1.82, 2.24) is 15.1 Å². The molecule has 1 aromatic rings. The Kier molecular flexibility index (Phi) is 4.74. The summed E-state index contributed by atoms with van der Waals surface area (Å²) in [6.45, 7) is 8.61. The van der Waals surface area contributed by atoms with Gasteiger partial charge in [0.25, 0.3) is 0 Å². The Bertz CT molecular complexity index is 335. The average Bonchev–Trinajstić information content (AvgIpc) is 3.00. The fraction of sp³-hybridized carbons (Fsp3) is 0.833. The lowest BCUT2D eigenvalue weighted by molar-refractivity contribution is 0.254. The Hall–Kier alpha value is -0.680.